The van der Waals surface area contributed by atoms with Gasteiger partial charge in [0.1, 0.15) is 17.1 Å². The molecule has 3 aromatic rings. The van der Waals surface area contributed by atoms with Gasteiger partial charge in [0.25, 0.3) is 0 Å². The van der Waals surface area contributed by atoms with Crippen LogP contribution in [0.15, 0.2) is 42.5 Å². The van der Waals surface area contributed by atoms with Crippen LogP contribution in [0.2, 0.25) is 0 Å². The molecule has 0 bridgehead atoms. The first-order chi connectivity index (χ1) is 9.58. The van der Waals surface area contributed by atoms with E-state index in [-0.39, 0.29) is 11.4 Å². The second-order valence-electron chi connectivity index (χ2n) is 4.50. The molecule has 100 valence electrons. The molecular formula is C15H11FN2O2. The normalized spacial score (nSPS) is 10.9. The molecule has 1 N–H and O–H groups in total. The molecule has 5 heteroatoms. The fourth-order valence-corrected chi connectivity index (χ4v) is 2.22. The van der Waals surface area contributed by atoms with E-state index in [1.807, 2.05) is 13.0 Å². The monoisotopic (exact) mass is 270 g/mol. The standard InChI is InChI=1S/C15H11FN2O2/c1-9-3-2-4-12-13(15(19)20)14(17-18(9)12)10-5-7-11(16)8-6-10/h2-8H,1H3,(H,19,20). The highest BCUT2D eigenvalue weighted by atomic mass is 19.1. The highest BCUT2D eigenvalue weighted by Crippen LogP contribution is 2.27. The van der Waals surface area contributed by atoms with Gasteiger partial charge in [-0.25, -0.2) is 13.7 Å². The van der Waals surface area contributed by atoms with Gasteiger partial charge in [-0.1, -0.05) is 6.07 Å². The number of aromatic carboxylic acids is 1. The third-order valence-corrected chi connectivity index (χ3v) is 3.18. The molecule has 20 heavy (non-hydrogen) atoms. The zero-order valence-electron chi connectivity index (χ0n) is 10.7. The maximum absolute atomic E-state index is 13.0. The quantitative estimate of drug-likeness (QED) is 0.778. The van der Waals surface area contributed by atoms with Crippen molar-refractivity contribution < 1.29 is 14.3 Å². The largest absolute Gasteiger partial charge is 0.478 e. The first kappa shape index (κ1) is 12.3. The van der Waals surface area contributed by atoms with E-state index in [1.165, 1.54) is 24.3 Å². The Balaban J connectivity index is 2.35. The smallest absolute Gasteiger partial charge is 0.340 e. The van der Waals surface area contributed by atoms with E-state index in [0.29, 0.717) is 16.8 Å². The minimum absolute atomic E-state index is 0.125. The lowest BCUT2D eigenvalue weighted by molar-refractivity contribution is 0.0700. The zero-order chi connectivity index (χ0) is 14.3. The van der Waals surface area contributed by atoms with Crippen molar-refractivity contribution in [2.45, 2.75) is 6.92 Å². The minimum atomic E-state index is -1.05. The number of pyridine rings is 1. The van der Waals surface area contributed by atoms with Crippen LogP contribution in [0.3, 0.4) is 0 Å². The third kappa shape index (κ3) is 1.84. The second-order valence-corrected chi connectivity index (χ2v) is 4.50. The number of rotatable bonds is 2. The fourth-order valence-electron chi connectivity index (χ4n) is 2.22. The number of hydrogen-bond donors (Lipinski definition) is 1. The number of benzene rings is 1. The van der Waals surface area contributed by atoms with Gasteiger partial charge >= 0.3 is 5.97 Å². The molecule has 0 aliphatic rings. The molecule has 0 aliphatic carbocycles. The summed E-state index contributed by atoms with van der Waals surface area (Å²) in [6.45, 7) is 1.85. The first-order valence-electron chi connectivity index (χ1n) is 6.05. The van der Waals surface area contributed by atoms with Crippen molar-refractivity contribution in [1.29, 1.82) is 0 Å². The Morgan fingerprint density at radius 3 is 2.55 bits per heavy atom. The van der Waals surface area contributed by atoms with E-state index in [1.54, 1.807) is 16.6 Å². The van der Waals surface area contributed by atoms with Crippen LogP contribution in [0.5, 0.6) is 0 Å². The number of aryl methyl sites for hydroxylation is 1. The van der Waals surface area contributed by atoms with E-state index in [4.69, 9.17) is 0 Å². The van der Waals surface area contributed by atoms with Crippen molar-refractivity contribution in [2.75, 3.05) is 0 Å². The lowest BCUT2D eigenvalue weighted by Crippen LogP contribution is -1.98. The van der Waals surface area contributed by atoms with Gasteiger partial charge in [0, 0.05) is 11.3 Å². The van der Waals surface area contributed by atoms with Crippen LogP contribution in [-0.4, -0.2) is 20.7 Å². The Bertz CT molecular complexity index is 807. The number of nitrogens with zero attached hydrogens (tertiary/aromatic N) is 2. The van der Waals surface area contributed by atoms with Gasteiger partial charge in [-0.05, 0) is 43.3 Å². The van der Waals surface area contributed by atoms with Crippen LogP contribution in [0.25, 0.3) is 16.8 Å². The molecule has 4 nitrogen and oxygen atoms in total. The topological polar surface area (TPSA) is 54.6 Å². The summed E-state index contributed by atoms with van der Waals surface area (Å²) in [5.74, 6) is -1.42. The van der Waals surface area contributed by atoms with Crippen LogP contribution in [0, 0.1) is 12.7 Å². The molecule has 0 saturated heterocycles. The molecule has 0 fully saturated rings. The number of carbonyl (C=O) groups is 1. The molecule has 2 aromatic heterocycles. The zero-order valence-corrected chi connectivity index (χ0v) is 10.7. The number of hydrogen-bond acceptors (Lipinski definition) is 2. The maximum atomic E-state index is 13.0. The Hall–Kier alpha value is -2.69. The van der Waals surface area contributed by atoms with Crippen LogP contribution < -0.4 is 0 Å². The number of carboxylic acid groups (broad SMARTS) is 1. The molecule has 2 heterocycles. The lowest BCUT2D eigenvalue weighted by Gasteiger charge is -1.98. The molecule has 0 amide bonds. The van der Waals surface area contributed by atoms with Crippen LogP contribution in [0.4, 0.5) is 4.39 Å². The summed E-state index contributed by atoms with van der Waals surface area (Å²) in [6.07, 6.45) is 0. The van der Waals surface area contributed by atoms with Gasteiger partial charge in [0.15, 0.2) is 0 Å². The second kappa shape index (κ2) is 4.45. The summed E-state index contributed by atoms with van der Waals surface area (Å²) >= 11 is 0. The Labute approximate surface area is 114 Å². The predicted octanol–water partition coefficient (Wildman–Crippen LogP) is 3.15. The van der Waals surface area contributed by atoms with Gasteiger partial charge in [-0.2, -0.15) is 5.10 Å². The van der Waals surface area contributed by atoms with Crippen LogP contribution in [0.1, 0.15) is 16.1 Å². The predicted molar refractivity (Wildman–Crippen MR) is 72.3 cm³/mol. The summed E-state index contributed by atoms with van der Waals surface area (Å²) in [5.41, 5.74) is 2.40. The molecule has 0 spiro atoms. The Morgan fingerprint density at radius 1 is 1.20 bits per heavy atom. The van der Waals surface area contributed by atoms with Gasteiger partial charge in [0.05, 0.1) is 5.52 Å². The van der Waals surface area contributed by atoms with Crippen molar-refractivity contribution >= 4 is 11.5 Å². The third-order valence-electron chi connectivity index (χ3n) is 3.18. The van der Waals surface area contributed by atoms with Crippen molar-refractivity contribution in [3.05, 3.63) is 59.5 Å². The van der Waals surface area contributed by atoms with Gasteiger partial charge in [-0.15, -0.1) is 0 Å². The van der Waals surface area contributed by atoms with E-state index in [0.717, 1.165) is 5.69 Å². The molecule has 0 radical (unpaired) electrons. The van der Waals surface area contributed by atoms with Crippen molar-refractivity contribution in [3.63, 3.8) is 0 Å². The summed E-state index contributed by atoms with van der Waals surface area (Å²) in [7, 11) is 0. The lowest BCUT2D eigenvalue weighted by atomic mass is 10.1. The average Bonchev–Trinajstić information content (AvgIpc) is 2.80. The van der Waals surface area contributed by atoms with Crippen molar-refractivity contribution in [2.24, 2.45) is 0 Å². The van der Waals surface area contributed by atoms with Gasteiger partial charge in [-0.3, -0.25) is 0 Å². The molecular weight excluding hydrogens is 259 g/mol. The van der Waals surface area contributed by atoms with E-state index < -0.39 is 5.97 Å². The van der Waals surface area contributed by atoms with Gasteiger partial charge in [0.2, 0.25) is 0 Å². The molecule has 0 atom stereocenters. The number of aromatic nitrogens is 2. The number of halogens is 1. The van der Waals surface area contributed by atoms with E-state index in [9.17, 15) is 14.3 Å². The highest BCUT2D eigenvalue weighted by Gasteiger charge is 2.20. The summed E-state index contributed by atoms with van der Waals surface area (Å²) in [5, 5.41) is 13.8. The fraction of sp³-hybridized carbons (Fsp3) is 0.0667. The summed E-state index contributed by atoms with van der Waals surface area (Å²) in [6, 6.07) is 11.0. The Morgan fingerprint density at radius 2 is 1.90 bits per heavy atom. The molecule has 0 unspecified atom stereocenters. The summed E-state index contributed by atoms with van der Waals surface area (Å²) in [4.78, 5) is 11.5. The van der Waals surface area contributed by atoms with Crippen LogP contribution in [-0.2, 0) is 0 Å². The molecule has 3 rings (SSSR count). The van der Waals surface area contributed by atoms with Gasteiger partial charge < -0.3 is 5.11 Å². The average molecular weight is 270 g/mol. The minimum Gasteiger partial charge on any atom is -0.478 e. The molecule has 0 saturated carbocycles. The SMILES string of the molecule is Cc1cccc2c(C(=O)O)c(-c3ccc(F)cc3)nn12. The molecule has 0 aliphatic heterocycles. The Kier molecular flexibility index (Phi) is 2.75. The summed E-state index contributed by atoms with van der Waals surface area (Å²) < 4.78 is 14.6. The highest BCUT2D eigenvalue weighted by molar-refractivity contribution is 6.02. The van der Waals surface area contributed by atoms with E-state index in [2.05, 4.69) is 5.10 Å². The van der Waals surface area contributed by atoms with Crippen molar-refractivity contribution in [1.82, 2.24) is 9.61 Å². The maximum Gasteiger partial charge on any atom is 0.340 e. The van der Waals surface area contributed by atoms with Crippen LogP contribution >= 0.6 is 0 Å². The van der Waals surface area contributed by atoms with E-state index >= 15 is 0 Å². The number of carboxylic acids is 1. The van der Waals surface area contributed by atoms with Crippen molar-refractivity contribution in [3.8, 4) is 11.3 Å². The first-order valence-corrected chi connectivity index (χ1v) is 6.05. The molecule has 1 aromatic carbocycles. The number of fused-ring (bicyclic) bond motifs is 1.